The van der Waals surface area contributed by atoms with Crippen molar-refractivity contribution >= 4 is 12.1 Å². The fourth-order valence-electron chi connectivity index (χ4n) is 2.61. The SMILES string of the molecule is C[C@H](NC(=O)OC(C)(C)C)C(=O)O[C@@H](C)[C@H](Oc1ccccc1)c1ccccc1. The van der Waals surface area contributed by atoms with Crippen molar-refractivity contribution in [3.8, 4) is 5.75 Å². The van der Waals surface area contributed by atoms with Crippen LogP contribution in [0.4, 0.5) is 4.79 Å². The Morgan fingerprint density at radius 2 is 1.45 bits per heavy atom. The molecule has 0 aromatic heterocycles. The first kappa shape index (κ1) is 22.3. The molecular weight excluding hydrogens is 370 g/mol. The number of hydrogen-bond acceptors (Lipinski definition) is 5. The molecule has 0 fully saturated rings. The Morgan fingerprint density at radius 3 is 2.00 bits per heavy atom. The van der Waals surface area contributed by atoms with Gasteiger partial charge in [-0.25, -0.2) is 9.59 Å². The monoisotopic (exact) mass is 399 g/mol. The number of carbonyl (C=O) groups excluding carboxylic acids is 2. The van der Waals surface area contributed by atoms with E-state index in [0.29, 0.717) is 5.75 Å². The number of amides is 1. The molecule has 6 heteroatoms. The number of rotatable bonds is 7. The van der Waals surface area contributed by atoms with E-state index >= 15 is 0 Å². The predicted octanol–water partition coefficient (Wildman–Crippen LogP) is 4.65. The second-order valence-electron chi connectivity index (χ2n) is 7.77. The largest absolute Gasteiger partial charge is 0.482 e. The summed E-state index contributed by atoms with van der Waals surface area (Å²) in [6.45, 7) is 8.57. The van der Waals surface area contributed by atoms with Gasteiger partial charge in [0.25, 0.3) is 0 Å². The van der Waals surface area contributed by atoms with Crippen molar-refractivity contribution in [3.63, 3.8) is 0 Å². The van der Waals surface area contributed by atoms with Gasteiger partial charge >= 0.3 is 12.1 Å². The van der Waals surface area contributed by atoms with Gasteiger partial charge in [-0.1, -0.05) is 48.5 Å². The van der Waals surface area contributed by atoms with Gasteiger partial charge in [0.2, 0.25) is 0 Å². The molecule has 3 atom stereocenters. The molecule has 0 saturated carbocycles. The zero-order valence-electron chi connectivity index (χ0n) is 17.5. The molecule has 1 N–H and O–H groups in total. The third-order valence-corrected chi connectivity index (χ3v) is 3.95. The number of esters is 1. The van der Waals surface area contributed by atoms with Crippen LogP contribution < -0.4 is 10.1 Å². The highest BCUT2D eigenvalue weighted by molar-refractivity contribution is 5.81. The molecule has 1 amide bonds. The summed E-state index contributed by atoms with van der Waals surface area (Å²) < 4.78 is 16.9. The van der Waals surface area contributed by atoms with Gasteiger partial charge in [-0.2, -0.15) is 0 Å². The quantitative estimate of drug-likeness (QED) is 0.686. The number of hydrogen-bond donors (Lipinski definition) is 1. The molecule has 0 aliphatic carbocycles. The minimum absolute atomic E-state index is 0.503. The highest BCUT2D eigenvalue weighted by atomic mass is 16.6. The molecule has 0 unspecified atom stereocenters. The van der Waals surface area contributed by atoms with Gasteiger partial charge in [0.15, 0.2) is 6.10 Å². The van der Waals surface area contributed by atoms with Gasteiger partial charge in [-0.3, -0.25) is 0 Å². The summed E-state index contributed by atoms with van der Waals surface area (Å²) in [5.74, 6) is 0.102. The molecule has 156 valence electrons. The van der Waals surface area contributed by atoms with E-state index < -0.39 is 35.9 Å². The maximum absolute atomic E-state index is 12.5. The summed E-state index contributed by atoms with van der Waals surface area (Å²) in [4.78, 5) is 24.4. The molecule has 2 aromatic carbocycles. The molecule has 29 heavy (non-hydrogen) atoms. The molecule has 0 aliphatic heterocycles. The minimum atomic E-state index is -0.861. The number of benzene rings is 2. The van der Waals surface area contributed by atoms with E-state index in [1.54, 1.807) is 34.6 Å². The highest BCUT2D eigenvalue weighted by Crippen LogP contribution is 2.26. The second kappa shape index (κ2) is 9.96. The summed E-state index contributed by atoms with van der Waals surface area (Å²) in [7, 11) is 0. The first-order valence-corrected chi connectivity index (χ1v) is 9.62. The summed E-state index contributed by atoms with van der Waals surface area (Å²) in [5.41, 5.74) is 0.229. The maximum Gasteiger partial charge on any atom is 0.408 e. The zero-order chi connectivity index (χ0) is 21.4. The predicted molar refractivity (Wildman–Crippen MR) is 111 cm³/mol. The lowest BCUT2D eigenvalue weighted by Gasteiger charge is -2.27. The lowest BCUT2D eigenvalue weighted by molar-refractivity contribution is -0.155. The van der Waals surface area contributed by atoms with Gasteiger partial charge in [-0.15, -0.1) is 0 Å². The van der Waals surface area contributed by atoms with Gasteiger partial charge in [0.1, 0.15) is 23.5 Å². The average molecular weight is 399 g/mol. The van der Waals surface area contributed by atoms with Gasteiger partial charge in [0.05, 0.1) is 0 Å². The van der Waals surface area contributed by atoms with E-state index in [9.17, 15) is 9.59 Å². The lowest BCUT2D eigenvalue weighted by atomic mass is 10.0. The van der Waals surface area contributed by atoms with Crippen molar-refractivity contribution in [2.45, 2.75) is 58.5 Å². The molecule has 0 saturated heterocycles. The normalized spacial score (nSPS) is 14.2. The van der Waals surface area contributed by atoms with Crippen LogP contribution in [-0.4, -0.2) is 29.8 Å². The topological polar surface area (TPSA) is 73.9 Å². The fourth-order valence-corrected chi connectivity index (χ4v) is 2.61. The third-order valence-electron chi connectivity index (χ3n) is 3.95. The molecule has 0 heterocycles. The van der Waals surface area contributed by atoms with Crippen molar-refractivity contribution in [2.75, 3.05) is 0 Å². The van der Waals surface area contributed by atoms with Crippen LogP contribution in [0.5, 0.6) is 5.75 Å². The lowest BCUT2D eigenvalue weighted by Crippen LogP contribution is -2.43. The number of nitrogens with one attached hydrogen (secondary N) is 1. The van der Waals surface area contributed by atoms with E-state index in [0.717, 1.165) is 5.56 Å². The molecule has 6 nitrogen and oxygen atoms in total. The van der Waals surface area contributed by atoms with E-state index in [1.807, 2.05) is 60.7 Å². The van der Waals surface area contributed by atoms with E-state index in [-0.39, 0.29) is 0 Å². The molecule has 0 aliphatic rings. The molecule has 0 spiro atoms. The van der Waals surface area contributed by atoms with Crippen LogP contribution in [0.15, 0.2) is 60.7 Å². The Labute approximate surface area is 172 Å². The van der Waals surface area contributed by atoms with Crippen LogP contribution in [-0.2, 0) is 14.3 Å². The Bertz CT molecular complexity index is 786. The Balaban J connectivity index is 2.05. The van der Waals surface area contributed by atoms with Crippen LogP contribution in [0.25, 0.3) is 0 Å². The third kappa shape index (κ3) is 7.49. The fraction of sp³-hybridized carbons (Fsp3) is 0.391. The zero-order valence-corrected chi connectivity index (χ0v) is 17.5. The van der Waals surface area contributed by atoms with Gasteiger partial charge in [0, 0.05) is 0 Å². The van der Waals surface area contributed by atoms with Crippen LogP contribution in [0.3, 0.4) is 0 Å². The Kier molecular flexibility index (Phi) is 7.65. The average Bonchev–Trinajstić information content (AvgIpc) is 2.65. The van der Waals surface area contributed by atoms with Crippen LogP contribution in [0.2, 0.25) is 0 Å². The van der Waals surface area contributed by atoms with Gasteiger partial charge < -0.3 is 19.5 Å². The van der Waals surface area contributed by atoms with Crippen molar-refractivity contribution in [1.29, 1.82) is 0 Å². The van der Waals surface area contributed by atoms with Crippen LogP contribution in [0.1, 0.15) is 46.3 Å². The van der Waals surface area contributed by atoms with Gasteiger partial charge in [-0.05, 0) is 52.3 Å². The number of para-hydroxylation sites is 1. The number of alkyl carbamates (subject to hydrolysis) is 1. The van der Waals surface area contributed by atoms with Crippen LogP contribution >= 0.6 is 0 Å². The van der Waals surface area contributed by atoms with Crippen molar-refractivity contribution in [2.24, 2.45) is 0 Å². The summed E-state index contributed by atoms with van der Waals surface area (Å²) in [6.07, 6.45) is -1.76. The number of carbonyl (C=O) groups is 2. The van der Waals surface area contributed by atoms with E-state index in [1.165, 1.54) is 0 Å². The molecule has 2 aromatic rings. The molecular formula is C23H29NO5. The summed E-state index contributed by atoms with van der Waals surface area (Å²) in [5, 5.41) is 2.49. The van der Waals surface area contributed by atoms with Crippen molar-refractivity contribution in [3.05, 3.63) is 66.2 Å². The number of ether oxygens (including phenoxy) is 3. The maximum atomic E-state index is 12.5. The first-order chi connectivity index (χ1) is 13.7. The smallest absolute Gasteiger partial charge is 0.408 e. The van der Waals surface area contributed by atoms with Crippen molar-refractivity contribution < 1.29 is 23.8 Å². The molecule has 0 radical (unpaired) electrons. The standard InChI is InChI=1S/C23H29NO5/c1-16(24-22(26)29-23(3,4)5)21(25)27-17(2)20(18-12-8-6-9-13-18)28-19-14-10-7-11-15-19/h6-17,20H,1-5H3,(H,24,26)/t16-,17-,20-/m0/s1. The summed E-state index contributed by atoms with van der Waals surface area (Å²) in [6, 6.07) is 18.0. The van der Waals surface area contributed by atoms with Crippen molar-refractivity contribution in [1.82, 2.24) is 5.32 Å². The molecule has 2 rings (SSSR count). The molecule has 0 bridgehead atoms. The second-order valence-corrected chi connectivity index (χ2v) is 7.77. The van der Waals surface area contributed by atoms with E-state index in [4.69, 9.17) is 14.2 Å². The van der Waals surface area contributed by atoms with Crippen LogP contribution in [0, 0.1) is 0 Å². The Hall–Kier alpha value is -3.02. The minimum Gasteiger partial charge on any atom is -0.482 e. The highest BCUT2D eigenvalue weighted by Gasteiger charge is 2.28. The summed E-state index contributed by atoms with van der Waals surface area (Å²) >= 11 is 0. The Morgan fingerprint density at radius 1 is 0.897 bits per heavy atom. The first-order valence-electron chi connectivity index (χ1n) is 9.62. The van der Waals surface area contributed by atoms with E-state index in [2.05, 4.69) is 5.32 Å².